The number of aliphatic hydroxyl groups excluding tert-OH is 1. The molecule has 2 N–H and O–H groups in total. The Morgan fingerprint density at radius 3 is 2.43 bits per heavy atom. The maximum absolute atomic E-state index is 12.5. The third kappa shape index (κ3) is 4.94. The Hall–Kier alpha value is -2.77. The van der Waals surface area contributed by atoms with Gasteiger partial charge in [0, 0.05) is 19.2 Å². The van der Waals surface area contributed by atoms with Gasteiger partial charge in [-0.2, -0.15) is 13.2 Å². The van der Waals surface area contributed by atoms with Crippen LogP contribution in [-0.2, 0) is 19.0 Å². The standard InChI is InChI=1S/C15H15F3N2O8/c1-26-13-11(21)10(19-14(23)15(16,17)18)9(28-13)6-27-12(22)7-2-4-8(5-3-7)20(24)25/h2-5,9-11,13,21H,6H2,1H3,(H,19,23)/t9-,10-,11-,13-/m1/s1. The fourth-order valence-electron chi connectivity index (χ4n) is 2.44. The fraction of sp³-hybridized carbons (Fsp3) is 0.467. The zero-order valence-corrected chi connectivity index (χ0v) is 14.2. The van der Waals surface area contributed by atoms with Crippen molar-refractivity contribution in [2.75, 3.05) is 13.7 Å². The van der Waals surface area contributed by atoms with E-state index in [0.29, 0.717) is 0 Å². The second kappa shape index (κ2) is 8.50. The van der Waals surface area contributed by atoms with Gasteiger partial charge >= 0.3 is 18.1 Å². The molecule has 1 saturated heterocycles. The Balaban J connectivity index is 2.04. The first-order valence-corrected chi connectivity index (χ1v) is 7.70. The van der Waals surface area contributed by atoms with Crippen LogP contribution in [0.1, 0.15) is 10.4 Å². The van der Waals surface area contributed by atoms with Crippen LogP contribution in [0.25, 0.3) is 0 Å². The van der Waals surface area contributed by atoms with Gasteiger partial charge < -0.3 is 24.6 Å². The molecule has 4 atom stereocenters. The molecule has 1 aliphatic heterocycles. The Morgan fingerprint density at radius 2 is 1.93 bits per heavy atom. The van der Waals surface area contributed by atoms with Crippen molar-refractivity contribution in [1.82, 2.24) is 5.32 Å². The Kier molecular flexibility index (Phi) is 6.53. The minimum Gasteiger partial charge on any atom is -0.459 e. The number of hydrogen-bond acceptors (Lipinski definition) is 8. The second-order valence-electron chi connectivity index (χ2n) is 5.67. The minimum atomic E-state index is -5.19. The van der Waals surface area contributed by atoms with E-state index in [4.69, 9.17) is 14.2 Å². The number of amides is 1. The number of nitro groups is 1. The zero-order valence-electron chi connectivity index (χ0n) is 14.2. The number of ether oxygens (including phenoxy) is 3. The van der Waals surface area contributed by atoms with Crippen molar-refractivity contribution < 1.29 is 47.0 Å². The molecule has 0 radical (unpaired) electrons. The molecule has 1 aromatic rings. The summed E-state index contributed by atoms with van der Waals surface area (Å²) in [6.07, 6.45) is -9.50. The van der Waals surface area contributed by atoms with Gasteiger partial charge in [0.15, 0.2) is 6.29 Å². The molecule has 0 aliphatic carbocycles. The number of aliphatic hydroxyl groups is 1. The van der Waals surface area contributed by atoms with E-state index >= 15 is 0 Å². The molecule has 1 aromatic carbocycles. The third-order valence-corrected chi connectivity index (χ3v) is 3.84. The number of carbonyl (C=O) groups excluding carboxylic acids is 2. The molecule has 1 amide bonds. The van der Waals surface area contributed by atoms with E-state index in [-0.39, 0.29) is 11.3 Å². The summed E-state index contributed by atoms with van der Waals surface area (Å²) in [5, 5.41) is 22.1. The summed E-state index contributed by atoms with van der Waals surface area (Å²) in [7, 11) is 1.13. The molecular weight excluding hydrogens is 393 g/mol. The zero-order chi connectivity index (χ0) is 21.1. The Morgan fingerprint density at radius 1 is 1.32 bits per heavy atom. The molecule has 28 heavy (non-hydrogen) atoms. The molecule has 0 bridgehead atoms. The topological polar surface area (TPSA) is 137 Å². The largest absolute Gasteiger partial charge is 0.471 e. The van der Waals surface area contributed by atoms with E-state index in [1.165, 1.54) is 0 Å². The van der Waals surface area contributed by atoms with Crippen molar-refractivity contribution in [2.45, 2.75) is 30.7 Å². The van der Waals surface area contributed by atoms with E-state index in [1.807, 2.05) is 0 Å². The first-order chi connectivity index (χ1) is 13.0. The van der Waals surface area contributed by atoms with Crippen LogP contribution in [0.3, 0.4) is 0 Å². The van der Waals surface area contributed by atoms with Gasteiger partial charge in [0.05, 0.1) is 16.5 Å². The Bertz CT molecular complexity index is 740. The molecular formula is C15H15F3N2O8. The highest BCUT2D eigenvalue weighted by atomic mass is 19.4. The molecule has 0 unspecified atom stereocenters. The number of hydrogen-bond donors (Lipinski definition) is 2. The molecule has 13 heteroatoms. The van der Waals surface area contributed by atoms with E-state index < -0.39 is 54.1 Å². The molecule has 0 saturated carbocycles. The number of non-ortho nitro benzene ring substituents is 1. The average Bonchev–Trinajstić information content (AvgIpc) is 2.94. The number of esters is 1. The number of nitro benzene ring substituents is 1. The molecule has 1 heterocycles. The molecule has 1 fully saturated rings. The summed E-state index contributed by atoms with van der Waals surface area (Å²) < 4.78 is 52.2. The van der Waals surface area contributed by atoms with Crippen molar-refractivity contribution in [3.63, 3.8) is 0 Å². The van der Waals surface area contributed by atoms with Gasteiger partial charge in [-0.3, -0.25) is 14.9 Å². The van der Waals surface area contributed by atoms with Crippen LogP contribution < -0.4 is 5.32 Å². The summed E-state index contributed by atoms with van der Waals surface area (Å²) in [5.41, 5.74) is -0.306. The van der Waals surface area contributed by atoms with E-state index in [2.05, 4.69) is 0 Å². The van der Waals surface area contributed by atoms with Crippen LogP contribution in [-0.4, -0.2) is 66.3 Å². The smallest absolute Gasteiger partial charge is 0.459 e. The van der Waals surface area contributed by atoms with E-state index in [9.17, 15) is 38.0 Å². The number of rotatable bonds is 6. The molecule has 2 rings (SSSR count). The van der Waals surface area contributed by atoms with Gasteiger partial charge in [-0.05, 0) is 12.1 Å². The van der Waals surface area contributed by atoms with Gasteiger partial charge in [0.1, 0.15) is 18.8 Å². The number of halogens is 3. The molecule has 0 spiro atoms. The molecule has 10 nitrogen and oxygen atoms in total. The first-order valence-electron chi connectivity index (χ1n) is 7.70. The van der Waals surface area contributed by atoms with Crippen LogP contribution >= 0.6 is 0 Å². The molecule has 0 aromatic heterocycles. The number of nitrogens with one attached hydrogen (secondary N) is 1. The van der Waals surface area contributed by atoms with Crippen LogP contribution in [0.4, 0.5) is 18.9 Å². The molecule has 154 valence electrons. The van der Waals surface area contributed by atoms with Gasteiger partial charge in [-0.15, -0.1) is 0 Å². The highest BCUT2D eigenvalue weighted by Crippen LogP contribution is 2.24. The van der Waals surface area contributed by atoms with Crippen molar-refractivity contribution in [3.8, 4) is 0 Å². The SMILES string of the molecule is CO[C@@H]1O[C@H](COC(=O)c2ccc([N+](=O)[O-])cc2)[C@@H](NC(=O)C(F)(F)F)[C@H]1O. The minimum absolute atomic E-state index is 0.0525. The van der Waals surface area contributed by atoms with E-state index in [0.717, 1.165) is 31.4 Å². The summed E-state index contributed by atoms with van der Waals surface area (Å²) in [6, 6.07) is 2.85. The number of benzene rings is 1. The van der Waals surface area contributed by atoms with Gasteiger partial charge in [0.2, 0.25) is 0 Å². The lowest BCUT2D eigenvalue weighted by molar-refractivity contribution is -0.384. The highest BCUT2D eigenvalue weighted by Gasteiger charge is 2.49. The lowest BCUT2D eigenvalue weighted by Crippen LogP contribution is -2.52. The lowest BCUT2D eigenvalue weighted by Gasteiger charge is -2.21. The fourth-order valence-corrected chi connectivity index (χ4v) is 2.44. The van der Waals surface area contributed by atoms with Gasteiger partial charge in [0.25, 0.3) is 5.69 Å². The molecule has 1 aliphatic rings. The lowest BCUT2D eigenvalue weighted by atomic mass is 10.1. The number of alkyl halides is 3. The van der Waals surface area contributed by atoms with Crippen molar-refractivity contribution in [1.29, 1.82) is 0 Å². The monoisotopic (exact) mass is 408 g/mol. The van der Waals surface area contributed by atoms with Crippen LogP contribution in [0.15, 0.2) is 24.3 Å². The second-order valence-corrected chi connectivity index (χ2v) is 5.67. The summed E-state index contributed by atoms with van der Waals surface area (Å²) in [5.74, 6) is -3.24. The summed E-state index contributed by atoms with van der Waals surface area (Å²) >= 11 is 0. The average molecular weight is 408 g/mol. The van der Waals surface area contributed by atoms with Gasteiger partial charge in [-0.1, -0.05) is 0 Å². The quantitative estimate of drug-likeness (QED) is 0.395. The van der Waals surface area contributed by atoms with Crippen molar-refractivity contribution >= 4 is 17.6 Å². The van der Waals surface area contributed by atoms with Crippen LogP contribution in [0.5, 0.6) is 0 Å². The third-order valence-electron chi connectivity index (χ3n) is 3.84. The predicted molar refractivity (Wildman–Crippen MR) is 83.0 cm³/mol. The first kappa shape index (κ1) is 21.5. The van der Waals surface area contributed by atoms with Crippen molar-refractivity contribution in [3.05, 3.63) is 39.9 Å². The maximum Gasteiger partial charge on any atom is 0.471 e. The van der Waals surface area contributed by atoms with Crippen LogP contribution in [0.2, 0.25) is 0 Å². The Labute approximate surface area is 155 Å². The predicted octanol–water partition coefficient (Wildman–Crippen LogP) is 0.531. The van der Waals surface area contributed by atoms with Gasteiger partial charge in [-0.25, -0.2) is 4.79 Å². The van der Waals surface area contributed by atoms with E-state index in [1.54, 1.807) is 5.32 Å². The summed E-state index contributed by atoms with van der Waals surface area (Å²) in [6.45, 7) is -0.616. The summed E-state index contributed by atoms with van der Waals surface area (Å²) in [4.78, 5) is 33.1. The van der Waals surface area contributed by atoms with Crippen LogP contribution in [0, 0.1) is 10.1 Å². The number of methoxy groups -OCH3 is 1. The van der Waals surface area contributed by atoms with Crippen molar-refractivity contribution in [2.24, 2.45) is 0 Å². The normalized spacial score (nSPS) is 24.6. The maximum atomic E-state index is 12.5. The number of carbonyl (C=O) groups is 2. The number of nitrogens with zero attached hydrogens (tertiary/aromatic N) is 1. The highest BCUT2D eigenvalue weighted by molar-refractivity contribution is 5.89.